The van der Waals surface area contributed by atoms with Gasteiger partial charge in [-0.3, -0.25) is 4.79 Å². The van der Waals surface area contributed by atoms with Crippen LogP contribution in [-0.2, 0) is 9.63 Å². The van der Waals surface area contributed by atoms with Gasteiger partial charge in [0.05, 0.1) is 0 Å². The summed E-state index contributed by atoms with van der Waals surface area (Å²) in [5, 5.41) is 0. The molecule has 0 spiro atoms. The molecule has 0 saturated carbocycles. The van der Waals surface area contributed by atoms with Crippen molar-refractivity contribution >= 4 is 83.0 Å². The fraction of sp³-hybridized carbons (Fsp3) is 0.500. The summed E-state index contributed by atoms with van der Waals surface area (Å²) >= 11 is 6.98. The van der Waals surface area contributed by atoms with Gasteiger partial charge < -0.3 is 4.84 Å². The van der Waals surface area contributed by atoms with Gasteiger partial charge in [-0.2, -0.15) is 0 Å². The molecule has 0 aliphatic rings. The Morgan fingerprint density at radius 1 is 1.62 bits per heavy atom. The van der Waals surface area contributed by atoms with Gasteiger partial charge in [0.15, 0.2) is 0 Å². The molecule has 0 atom stereocenters. The molecule has 0 aliphatic carbocycles. The standard InChI is InChI=1S/C2H5NO2S2.K.H/c1-2(4)5-3(6)7;;/h6-7H,1H3;;. The number of carbonyl (C=O) groups is 1. The third-order valence-electron chi connectivity index (χ3n) is 0.210. The molecule has 0 aromatic heterocycles. The molecule has 0 aliphatic heterocycles. The summed E-state index contributed by atoms with van der Waals surface area (Å²) < 4.78 is 0.738. The summed E-state index contributed by atoms with van der Waals surface area (Å²) in [5.41, 5.74) is 0. The topological polar surface area (TPSA) is 29.5 Å². The molecule has 3 nitrogen and oxygen atoms in total. The number of hydrogen-bond acceptors (Lipinski definition) is 5. The number of rotatable bonds is 1. The second kappa shape index (κ2) is 6.88. The van der Waals surface area contributed by atoms with E-state index in [0.29, 0.717) is 0 Å². The van der Waals surface area contributed by atoms with E-state index in [2.05, 4.69) is 30.5 Å². The van der Waals surface area contributed by atoms with E-state index < -0.39 is 5.97 Å². The van der Waals surface area contributed by atoms with E-state index in [1.165, 1.54) is 6.92 Å². The van der Waals surface area contributed by atoms with Crippen LogP contribution in [0.15, 0.2) is 0 Å². The van der Waals surface area contributed by atoms with Crippen LogP contribution in [0.25, 0.3) is 0 Å². The van der Waals surface area contributed by atoms with E-state index in [9.17, 15) is 4.79 Å². The van der Waals surface area contributed by atoms with Crippen molar-refractivity contribution in [2.24, 2.45) is 0 Å². The SMILES string of the molecule is CC(=O)ON(S)S.[KH]. The van der Waals surface area contributed by atoms with E-state index >= 15 is 0 Å². The monoisotopic (exact) mass is 179 g/mol. The molecule has 0 unspecified atom stereocenters. The Morgan fingerprint density at radius 2 is 2.00 bits per heavy atom. The first-order chi connectivity index (χ1) is 3.13. The fourth-order valence-electron chi connectivity index (χ4n) is 0.115. The molecular formula is C2H6KNO2S2. The molecule has 0 N–H and O–H groups in total. The van der Waals surface area contributed by atoms with Crippen LogP contribution in [0.2, 0.25) is 0 Å². The van der Waals surface area contributed by atoms with Crippen LogP contribution in [0.5, 0.6) is 0 Å². The van der Waals surface area contributed by atoms with Crippen molar-refractivity contribution in [1.82, 2.24) is 3.87 Å². The zero-order valence-corrected chi connectivity index (χ0v) is 5.45. The van der Waals surface area contributed by atoms with Crippen molar-refractivity contribution in [3.05, 3.63) is 0 Å². The maximum absolute atomic E-state index is 9.89. The molecule has 44 valence electrons. The van der Waals surface area contributed by atoms with Crippen molar-refractivity contribution in [3.8, 4) is 0 Å². The minimum absolute atomic E-state index is 0. The van der Waals surface area contributed by atoms with Crippen LogP contribution >= 0.6 is 25.6 Å². The van der Waals surface area contributed by atoms with Crippen LogP contribution < -0.4 is 0 Å². The Labute approximate surface area is 102 Å². The van der Waals surface area contributed by atoms with Gasteiger partial charge in [0, 0.05) is 6.92 Å². The third kappa shape index (κ3) is 10.7. The Balaban J connectivity index is 0. The number of carbonyl (C=O) groups excluding carboxylic acids is 1. The van der Waals surface area contributed by atoms with E-state index in [1.54, 1.807) is 0 Å². The van der Waals surface area contributed by atoms with E-state index in [0.717, 1.165) is 3.87 Å². The molecule has 0 saturated heterocycles. The van der Waals surface area contributed by atoms with Gasteiger partial charge in [-0.25, -0.2) is 0 Å². The van der Waals surface area contributed by atoms with Crippen LogP contribution in [0.4, 0.5) is 0 Å². The van der Waals surface area contributed by atoms with Crippen molar-refractivity contribution in [1.29, 1.82) is 0 Å². The molecule has 0 radical (unpaired) electrons. The van der Waals surface area contributed by atoms with E-state index in [-0.39, 0.29) is 51.4 Å². The quantitative estimate of drug-likeness (QED) is 0.332. The minimum atomic E-state index is -0.440. The predicted octanol–water partition coefficient (Wildman–Crippen LogP) is -0.192. The summed E-state index contributed by atoms with van der Waals surface area (Å²) in [6.07, 6.45) is 0. The van der Waals surface area contributed by atoms with E-state index in [4.69, 9.17) is 0 Å². The molecule has 0 heterocycles. The first-order valence-corrected chi connectivity index (χ1v) is 2.29. The van der Waals surface area contributed by atoms with Gasteiger partial charge in [-0.05, 0) is 29.5 Å². The normalized spacial score (nSPS) is 8.00. The van der Waals surface area contributed by atoms with Crippen LogP contribution in [0.1, 0.15) is 6.92 Å². The van der Waals surface area contributed by atoms with Crippen molar-refractivity contribution in [2.45, 2.75) is 6.92 Å². The zero-order valence-electron chi connectivity index (χ0n) is 3.66. The Morgan fingerprint density at radius 3 is 2.00 bits per heavy atom. The van der Waals surface area contributed by atoms with Gasteiger partial charge >= 0.3 is 57.4 Å². The number of hydrogen-bond donors (Lipinski definition) is 2. The molecule has 0 aromatic rings. The first kappa shape index (κ1) is 12.4. The van der Waals surface area contributed by atoms with Crippen LogP contribution in [0.3, 0.4) is 0 Å². The second-order valence-corrected chi connectivity index (χ2v) is 1.88. The van der Waals surface area contributed by atoms with Gasteiger partial charge in [0.2, 0.25) is 0 Å². The molecule has 0 rings (SSSR count). The second-order valence-electron chi connectivity index (χ2n) is 0.836. The average molecular weight is 179 g/mol. The van der Waals surface area contributed by atoms with Gasteiger partial charge in [-0.15, -0.1) is 0 Å². The summed E-state index contributed by atoms with van der Waals surface area (Å²) in [6, 6.07) is 0. The van der Waals surface area contributed by atoms with Gasteiger partial charge in [-0.1, -0.05) is 0 Å². The van der Waals surface area contributed by atoms with Crippen molar-refractivity contribution in [2.75, 3.05) is 0 Å². The number of nitrogens with zero attached hydrogens (tertiary/aromatic N) is 1. The van der Waals surface area contributed by atoms with Gasteiger partial charge in [0.1, 0.15) is 0 Å². The molecule has 0 bridgehead atoms. The van der Waals surface area contributed by atoms with Crippen LogP contribution in [-0.4, -0.2) is 61.2 Å². The predicted molar refractivity (Wildman–Crippen MR) is 38.7 cm³/mol. The molecular weight excluding hydrogens is 173 g/mol. The molecule has 0 fully saturated rings. The van der Waals surface area contributed by atoms with Crippen molar-refractivity contribution < 1.29 is 9.63 Å². The summed E-state index contributed by atoms with van der Waals surface area (Å²) in [5.74, 6) is -0.440. The first-order valence-electron chi connectivity index (χ1n) is 1.49. The summed E-state index contributed by atoms with van der Waals surface area (Å²) in [6.45, 7) is 1.26. The average Bonchev–Trinajstić information content (AvgIpc) is 1.27. The third-order valence-corrected chi connectivity index (χ3v) is 0.374. The van der Waals surface area contributed by atoms with Crippen LogP contribution in [0, 0.1) is 0 Å². The Kier molecular flexibility index (Phi) is 10.7. The van der Waals surface area contributed by atoms with E-state index in [1.807, 2.05) is 0 Å². The van der Waals surface area contributed by atoms with Crippen molar-refractivity contribution in [3.63, 3.8) is 0 Å². The van der Waals surface area contributed by atoms with Gasteiger partial charge in [0.25, 0.3) is 0 Å². The summed E-state index contributed by atoms with van der Waals surface area (Å²) in [4.78, 5) is 14.1. The number of thiol groups is 2. The molecule has 0 aromatic carbocycles. The zero-order chi connectivity index (χ0) is 5.86. The Hall–Kier alpha value is 1.77. The molecule has 8 heavy (non-hydrogen) atoms. The maximum atomic E-state index is 9.89. The molecule has 6 heteroatoms. The summed E-state index contributed by atoms with van der Waals surface area (Å²) in [7, 11) is 0. The Bertz CT molecular complexity index is 78.4. The fourth-order valence-corrected chi connectivity index (χ4v) is 0.345. The molecule has 0 amide bonds.